The molecule has 1 aliphatic carbocycles. The molecule has 2 aromatic rings. The SMILES string of the molecule is COC(=O)Cn1ncnc1/C=C1\CN(C(C(=O)C2CC2)c2ccccc2F)CCC1SC(C)=O.Cl. The second-order valence-electron chi connectivity index (χ2n) is 8.53. The Balaban J connectivity index is 0.00000342. The van der Waals surface area contributed by atoms with E-state index in [1.54, 1.807) is 18.2 Å². The topological polar surface area (TPSA) is 94.4 Å². The van der Waals surface area contributed by atoms with E-state index in [2.05, 4.69) is 10.1 Å². The van der Waals surface area contributed by atoms with Crippen molar-refractivity contribution in [2.24, 2.45) is 5.92 Å². The van der Waals surface area contributed by atoms with Crippen LogP contribution in [0.15, 0.2) is 36.2 Å². The van der Waals surface area contributed by atoms with Crippen LogP contribution in [-0.4, -0.2) is 62.0 Å². The summed E-state index contributed by atoms with van der Waals surface area (Å²) in [6, 6.07) is 5.73. The van der Waals surface area contributed by atoms with Crippen LogP contribution in [0.3, 0.4) is 0 Å². The Bertz CT molecular complexity index is 1120. The van der Waals surface area contributed by atoms with Crippen LogP contribution in [0.1, 0.15) is 43.6 Å². The molecular formula is C24H28ClFN4O4S. The highest BCUT2D eigenvalue weighted by Gasteiger charge is 2.41. The van der Waals surface area contributed by atoms with Crippen molar-refractivity contribution < 1.29 is 23.5 Å². The maximum Gasteiger partial charge on any atom is 0.327 e. The number of nitrogens with zero attached hydrogens (tertiary/aromatic N) is 4. The first-order chi connectivity index (χ1) is 16.4. The third kappa shape index (κ3) is 6.56. The summed E-state index contributed by atoms with van der Waals surface area (Å²) in [5, 5.41) is 3.97. The molecule has 2 heterocycles. The lowest BCUT2D eigenvalue weighted by atomic mass is 9.93. The Morgan fingerprint density at radius 1 is 1.26 bits per heavy atom. The van der Waals surface area contributed by atoms with Crippen LogP contribution in [0, 0.1) is 11.7 Å². The predicted octanol–water partition coefficient (Wildman–Crippen LogP) is 3.47. The van der Waals surface area contributed by atoms with Crippen molar-refractivity contribution in [1.29, 1.82) is 0 Å². The van der Waals surface area contributed by atoms with Gasteiger partial charge in [0, 0.05) is 36.7 Å². The molecule has 0 spiro atoms. The molecule has 0 amide bonds. The fourth-order valence-corrected chi connectivity index (χ4v) is 5.17. The molecule has 2 unspecified atom stereocenters. The summed E-state index contributed by atoms with van der Waals surface area (Å²) in [6.07, 6.45) is 5.44. The molecule has 188 valence electrons. The number of hydrogen-bond donors (Lipinski definition) is 0. The zero-order valence-electron chi connectivity index (χ0n) is 19.6. The van der Waals surface area contributed by atoms with Crippen molar-refractivity contribution in [2.75, 3.05) is 20.2 Å². The number of hydrogen-bond acceptors (Lipinski definition) is 8. The van der Waals surface area contributed by atoms with Gasteiger partial charge in [0.25, 0.3) is 0 Å². The lowest BCUT2D eigenvalue weighted by molar-refractivity contribution is -0.141. The number of rotatable bonds is 8. The monoisotopic (exact) mass is 522 g/mol. The lowest BCUT2D eigenvalue weighted by Gasteiger charge is -2.38. The average Bonchev–Trinajstić information content (AvgIpc) is 3.58. The summed E-state index contributed by atoms with van der Waals surface area (Å²) in [5.41, 5.74) is 1.25. The summed E-state index contributed by atoms with van der Waals surface area (Å²) in [7, 11) is 1.30. The van der Waals surface area contributed by atoms with Crippen LogP contribution in [-0.2, 0) is 25.7 Å². The molecule has 35 heavy (non-hydrogen) atoms. The summed E-state index contributed by atoms with van der Waals surface area (Å²) in [4.78, 5) is 43.2. The van der Waals surface area contributed by atoms with E-state index in [1.165, 1.54) is 42.9 Å². The van der Waals surface area contributed by atoms with Gasteiger partial charge in [-0.1, -0.05) is 30.0 Å². The minimum atomic E-state index is -0.687. The van der Waals surface area contributed by atoms with Gasteiger partial charge in [-0.15, -0.1) is 12.4 Å². The first-order valence-corrected chi connectivity index (χ1v) is 12.1. The summed E-state index contributed by atoms with van der Waals surface area (Å²) >= 11 is 1.23. The molecule has 1 aromatic carbocycles. The van der Waals surface area contributed by atoms with Crippen molar-refractivity contribution in [3.63, 3.8) is 0 Å². The van der Waals surface area contributed by atoms with E-state index in [4.69, 9.17) is 4.74 Å². The van der Waals surface area contributed by atoms with Gasteiger partial charge in [-0.3, -0.25) is 19.3 Å². The standard InChI is InChI=1S/C24H27FN4O4S.ClH/c1-15(30)34-20-9-10-28(12-17(20)11-21-26-14-27-29(21)13-22(31)33-2)23(24(32)16-7-8-16)18-5-3-4-6-19(18)25;/h3-6,11,14,16,20,23H,7-10,12-13H2,1-2H3;1H/b17-11+;. The molecular weight excluding hydrogens is 495 g/mol. The fourth-order valence-electron chi connectivity index (χ4n) is 4.26. The Kier molecular flexibility index (Phi) is 9.21. The van der Waals surface area contributed by atoms with Gasteiger partial charge in [0.1, 0.15) is 18.7 Å². The van der Waals surface area contributed by atoms with Crippen molar-refractivity contribution >= 4 is 47.1 Å². The molecule has 2 fully saturated rings. The van der Waals surface area contributed by atoms with Crippen LogP contribution < -0.4 is 0 Å². The third-order valence-corrected chi connectivity index (χ3v) is 7.22. The number of halogens is 2. The van der Waals surface area contributed by atoms with E-state index in [0.717, 1.165) is 18.4 Å². The highest BCUT2D eigenvalue weighted by molar-refractivity contribution is 8.14. The molecule has 2 atom stereocenters. The van der Waals surface area contributed by atoms with E-state index < -0.39 is 17.8 Å². The smallest absolute Gasteiger partial charge is 0.327 e. The molecule has 1 aromatic heterocycles. The summed E-state index contributed by atoms with van der Waals surface area (Å²) < 4.78 is 20.9. The Labute approximate surface area is 213 Å². The molecule has 11 heteroatoms. The third-order valence-electron chi connectivity index (χ3n) is 6.07. The maximum atomic E-state index is 14.8. The second kappa shape index (κ2) is 11.9. The molecule has 1 saturated carbocycles. The van der Waals surface area contributed by atoms with Crippen LogP contribution in [0.2, 0.25) is 0 Å². The minimum absolute atomic E-state index is 0. The van der Waals surface area contributed by atoms with Gasteiger partial charge in [0.2, 0.25) is 0 Å². The molecule has 2 aliphatic rings. The number of thioether (sulfide) groups is 1. The fraction of sp³-hybridized carbons (Fsp3) is 0.458. The molecule has 0 radical (unpaired) electrons. The van der Waals surface area contributed by atoms with Gasteiger partial charge in [-0.2, -0.15) is 5.10 Å². The number of methoxy groups -OCH3 is 1. The number of ether oxygens (including phenoxy) is 1. The quantitative estimate of drug-likeness (QED) is 0.486. The Hall–Kier alpha value is -2.56. The van der Waals surface area contributed by atoms with Crippen LogP contribution >= 0.6 is 24.2 Å². The maximum absolute atomic E-state index is 14.8. The highest BCUT2D eigenvalue weighted by Crippen LogP contribution is 2.40. The number of benzene rings is 1. The largest absolute Gasteiger partial charge is 0.468 e. The van der Waals surface area contributed by atoms with Gasteiger partial charge >= 0.3 is 5.97 Å². The second-order valence-corrected chi connectivity index (χ2v) is 9.91. The first kappa shape index (κ1) is 27.0. The van der Waals surface area contributed by atoms with Gasteiger partial charge in [-0.25, -0.2) is 14.1 Å². The zero-order chi connectivity index (χ0) is 24.2. The molecule has 0 bridgehead atoms. The summed E-state index contributed by atoms with van der Waals surface area (Å²) in [5.74, 6) is -0.405. The van der Waals surface area contributed by atoms with Crippen molar-refractivity contribution in [3.05, 3.63) is 53.4 Å². The highest BCUT2D eigenvalue weighted by atomic mass is 35.5. The van der Waals surface area contributed by atoms with E-state index in [9.17, 15) is 18.8 Å². The minimum Gasteiger partial charge on any atom is -0.468 e. The summed E-state index contributed by atoms with van der Waals surface area (Å²) in [6.45, 7) is 2.34. The van der Waals surface area contributed by atoms with E-state index >= 15 is 0 Å². The van der Waals surface area contributed by atoms with E-state index in [1.807, 2.05) is 11.0 Å². The van der Waals surface area contributed by atoms with Crippen LogP contribution in [0.25, 0.3) is 6.08 Å². The van der Waals surface area contributed by atoms with Crippen LogP contribution in [0.5, 0.6) is 0 Å². The van der Waals surface area contributed by atoms with Crippen molar-refractivity contribution in [3.8, 4) is 0 Å². The zero-order valence-corrected chi connectivity index (χ0v) is 21.2. The Morgan fingerprint density at radius 3 is 2.66 bits per heavy atom. The number of Topliss-reactive ketones (excluding diaryl/α,β-unsaturated/α-hetero) is 1. The number of esters is 1. The first-order valence-electron chi connectivity index (χ1n) is 11.2. The van der Waals surface area contributed by atoms with Crippen molar-refractivity contribution in [2.45, 2.75) is 44.0 Å². The number of likely N-dealkylation sites (tertiary alicyclic amines) is 1. The normalized spacial score (nSPS) is 20.2. The van der Waals surface area contributed by atoms with Gasteiger partial charge in [0.15, 0.2) is 16.7 Å². The predicted molar refractivity (Wildman–Crippen MR) is 132 cm³/mol. The molecule has 4 rings (SSSR count). The van der Waals surface area contributed by atoms with Gasteiger partial charge < -0.3 is 4.74 Å². The average molecular weight is 523 g/mol. The molecule has 0 N–H and O–H groups in total. The Morgan fingerprint density at radius 2 is 2.00 bits per heavy atom. The molecule has 1 aliphatic heterocycles. The number of piperidine rings is 1. The molecule has 1 saturated heterocycles. The van der Waals surface area contributed by atoms with Gasteiger partial charge in [0.05, 0.1) is 13.2 Å². The van der Waals surface area contributed by atoms with E-state index in [0.29, 0.717) is 30.9 Å². The van der Waals surface area contributed by atoms with Crippen molar-refractivity contribution in [1.82, 2.24) is 19.7 Å². The number of carbonyl (C=O) groups excluding carboxylic acids is 3. The van der Waals surface area contributed by atoms with Gasteiger partial charge in [-0.05, 0) is 37.0 Å². The lowest BCUT2D eigenvalue weighted by Crippen LogP contribution is -2.43. The molecule has 8 nitrogen and oxygen atoms in total. The van der Waals surface area contributed by atoms with E-state index in [-0.39, 0.29) is 41.0 Å². The number of ketones is 1. The number of aromatic nitrogens is 3. The van der Waals surface area contributed by atoms with Crippen LogP contribution in [0.4, 0.5) is 4.39 Å². The number of carbonyl (C=O) groups is 3.